The normalized spacial score (nSPS) is 11.0. The number of halogens is 1. The van der Waals surface area contributed by atoms with Crippen LogP contribution in [0, 0.1) is 0 Å². The molecule has 0 aliphatic rings. The quantitative estimate of drug-likeness (QED) is 0.680. The van der Waals surface area contributed by atoms with Crippen LogP contribution in [0.4, 0.5) is 0 Å². The van der Waals surface area contributed by atoms with Crippen molar-refractivity contribution in [3.63, 3.8) is 0 Å². The Kier molecular flexibility index (Phi) is 6.27. The molecular weight excluding hydrogens is 360 g/mol. The highest BCUT2D eigenvalue weighted by atomic mass is 35.5. The summed E-state index contributed by atoms with van der Waals surface area (Å²) in [6, 6.07) is 17.4. The molecule has 0 unspecified atom stereocenters. The monoisotopic (exact) mass is 382 g/mol. The van der Waals surface area contributed by atoms with E-state index in [1.165, 1.54) is 0 Å². The summed E-state index contributed by atoms with van der Waals surface area (Å²) in [7, 11) is 3.95. The molecule has 1 amide bonds. The number of nitrogens with zero attached hydrogens (tertiary/aromatic N) is 3. The molecule has 6 heteroatoms. The van der Waals surface area contributed by atoms with Gasteiger partial charge in [0.25, 0.3) is 5.91 Å². The van der Waals surface area contributed by atoms with Crippen LogP contribution in [0.15, 0.2) is 60.8 Å². The molecule has 140 valence electrons. The van der Waals surface area contributed by atoms with Crippen molar-refractivity contribution in [2.24, 2.45) is 0 Å². The predicted molar refractivity (Wildman–Crippen MR) is 109 cm³/mol. The summed E-state index contributed by atoms with van der Waals surface area (Å²) in [5.74, 6) is -0.124. The molecule has 0 bridgehead atoms. The first-order valence-corrected chi connectivity index (χ1v) is 9.21. The number of rotatable bonds is 7. The molecule has 2 aromatic carbocycles. The highest BCUT2D eigenvalue weighted by molar-refractivity contribution is 6.31. The lowest BCUT2D eigenvalue weighted by atomic mass is 10.1. The number of amides is 1. The summed E-state index contributed by atoms with van der Waals surface area (Å²) >= 11 is 6.27. The zero-order valence-corrected chi connectivity index (χ0v) is 16.3. The number of likely N-dealkylation sites (N-methyl/N-ethyl adjacent to an activating group) is 1. The van der Waals surface area contributed by atoms with E-state index in [1.807, 2.05) is 73.6 Å². The average molecular weight is 383 g/mol. The molecule has 0 fully saturated rings. The standard InChI is InChI=1S/C21H23ClN4O/c1-25(2)13-12-23-21(27)18-15-26(14-17-10-6-7-11-19(17)22)24-20(18)16-8-4-3-5-9-16/h3-11,15H,12-14H2,1-2H3,(H,23,27). The predicted octanol–water partition coefficient (Wildman–Crippen LogP) is 3.54. The number of carbonyl (C=O) groups excluding carboxylic acids is 1. The maximum atomic E-state index is 12.7. The summed E-state index contributed by atoms with van der Waals surface area (Å²) in [6.45, 7) is 1.86. The third kappa shape index (κ3) is 4.96. The molecule has 0 saturated carbocycles. The van der Waals surface area contributed by atoms with Crippen molar-refractivity contribution in [3.8, 4) is 11.3 Å². The summed E-state index contributed by atoms with van der Waals surface area (Å²) in [6.07, 6.45) is 1.79. The molecule has 0 aliphatic heterocycles. The van der Waals surface area contributed by atoms with E-state index in [-0.39, 0.29) is 5.91 Å². The molecule has 1 N–H and O–H groups in total. The summed E-state index contributed by atoms with van der Waals surface area (Å²) in [5, 5.41) is 8.32. The van der Waals surface area contributed by atoms with Crippen LogP contribution in [0.1, 0.15) is 15.9 Å². The van der Waals surface area contributed by atoms with Crippen molar-refractivity contribution >= 4 is 17.5 Å². The fourth-order valence-electron chi connectivity index (χ4n) is 2.77. The second-order valence-corrected chi connectivity index (χ2v) is 7.01. The van der Waals surface area contributed by atoms with Gasteiger partial charge in [0.05, 0.1) is 12.1 Å². The fraction of sp³-hybridized carbons (Fsp3) is 0.238. The van der Waals surface area contributed by atoms with Gasteiger partial charge in [0, 0.05) is 29.9 Å². The van der Waals surface area contributed by atoms with Crippen molar-refractivity contribution in [3.05, 3.63) is 76.9 Å². The molecule has 0 saturated heterocycles. The van der Waals surface area contributed by atoms with E-state index in [9.17, 15) is 4.79 Å². The van der Waals surface area contributed by atoms with Crippen LogP contribution in [0.2, 0.25) is 5.02 Å². The zero-order chi connectivity index (χ0) is 19.2. The second-order valence-electron chi connectivity index (χ2n) is 6.61. The number of hydrogen-bond acceptors (Lipinski definition) is 3. The molecule has 0 atom stereocenters. The van der Waals surface area contributed by atoms with Crippen LogP contribution in [-0.2, 0) is 6.54 Å². The minimum absolute atomic E-state index is 0.124. The molecule has 1 aromatic heterocycles. The highest BCUT2D eigenvalue weighted by Gasteiger charge is 2.18. The van der Waals surface area contributed by atoms with Crippen LogP contribution in [0.3, 0.4) is 0 Å². The number of benzene rings is 2. The van der Waals surface area contributed by atoms with E-state index in [1.54, 1.807) is 10.9 Å². The van der Waals surface area contributed by atoms with Gasteiger partial charge >= 0.3 is 0 Å². The summed E-state index contributed by atoms with van der Waals surface area (Å²) in [5.41, 5.74) is 3.10. The molecule has 3 rings (SSSR count). The Morgan fingerprint density at radius 3 is 2.52 bits per heavy atom. The first-order chi connectivity index (χ1) is 13.0. The highest BCUT2D eigenvalue weighted by Crippen LogP contribution is 2.23. The van der Waals surface area contributed by atoms with Crippen molar-refractivity contribution in [2.75, 3.05) is 27.2 Å². The maximum absolute atomic E-state index is 12.7. The first-order valence-electron chi connectivity index (χ1n) is 8.84. The van der Waals surface area contributed by atoms with Gasteiger partial charge in [-0.2, -0.15) is 5.10 Å². The number of nitrogens with one attached hydrogen (secondary N) is 1. The van der Waals surface area contributed by atoms with Crippen LogP contribution in [0.5, 0.6) is 0 Å². The van der Waals surface area contributed by atoms with Gasteiger partial charge in [-0.25, -0.2) is 0 Å². The van der Waals surface area contributed by atoms with E-state index >= 15 is 0 Å². The van der Waals surface area contributed by atoms with E-state index in [0.29, 0.717) is 29.4 Å². The van der Waals surface area contributed by atoms with Crippen LogP contribution in [0.25, 0.3) is 11.3 Å². The average Bonchev–Trinajstić information content (AvgIpc) is 3.08. The van der Waals surface area contributed by atoms with E-state index in [2.05, 4.69) is 10.4 Å². The van der Waals surface area contributed by atoms with Gasteiger partial charge in [0.15, 0.2) is 0 Å². The fourth-order valence-corrected chi connectivity index (χ4v) is 2.96. The Morgan fingerprint density at radius 2 is 1.81 bits per heavy atom. The Labute approximate surface area is 164 Å². The minimum Gasteiger partial charge on any atom is -0.351 e. The Balaban J connectivity index is 1.89. The third-order valence-corrected chi connectivity index (χ3v) is 4.56. The van der Waals surface area contributed by atoms with Gasteiger partial charge in [-0.3, -0.25) is 9.48 Å². The van der Waals surface area contributed by atoms with Gasteiger partial charge in [-0.1, -0.05) is 60.1 Å². The summed E-state index contributed by atoms with van der Waals surface area (Å²) in [4.78, 5) is 14.8. The Hall–Kier alpha value is -2.63. The van der Waals surface area contributed by atoms with Crippen molar-refractivity contribution in [1.82, 2.24) is 20.0 Å². The SMILES string of the molecule is CN(C)CCNC(=O)c1cn(Cc2ccccc2Cl)nc1-c1ccccc1. The molecule has 5 nitrogen and oxygen atoms in total. The minimum atomic E-state index is -0.124. The van der Waals surface area contributed by atoms with Crippen LogP contribution >= 0.6 is 11.6 Å². The number of carbonyl (C=O) groups is 1. The molecule has 3 aromatic rings. The second kappa shape index (κ2) is 8.84. The van der Waals surface area contributed by atoms with Gasteiger partial charge in [0.1, 0.15) is 5.69 Å². The van der Waals surface area contributed by atoms with Crippen molar-refractivity contribution < 1.29 is 4.79 Å². The molecule has 27 heavy (non-hydrogen) atoms. The zero-order valence-electron chi connectivity index (χ0n) is 15.5. The number of aromatic nitrogens is 2. The molecule has 1 heterocycles. The largest absolute Gasteiger partial charge is 0.351 e. The molecule has 0 aliphatic carbocycles. The number of hydrogen-bond donors (Lipinski definition) is 1. The smallest absolute Gasteiger partial charge is 0.255 e. The lowest BCUT2D eigenvalue weighted by Gasteiger charge is -2.10. The Bertz CT molecular complexity index is 906. The van der Waals surface area contributed by atoms with Gasteiger partial charge in [-0.15, -0.1) is 0 Å². The topological polar surface area (TPSA) is 50.2 Å². The van der Waals surface area contributed by atoms with Crippen molar-refractivity contribution in [1.29, 1.82) is 0 Å². The van der Waals surface area contributed by atoms with E-state index < -0.39 is 0 Å². The maximum Gasteiger partial charge on any atom is 0.255 e. The lowest BCUT2D eigenvalue weighted by Crippen LogP contribution is -2.31. The van der Waals surface area contributed by atoms with Gasteiger partial charge in [0.2, 0.25) is 0 Å². The first kappa shape index (κ1) is 19.1. The van der Waals surface area contributed by atoms with E-state index in [0.717, 1.165) is 17.7 Å². The summed E-state index contributed by atoms with van der Waals surface area (Å²) < 4.78 is 1.77. The molecule has 0 radical (unpaired) electrons. The van der Waals surface area contributed by atoms with Gasteiger partial charge in [-0.05, 0) is 25.7 Å². The van der Waals surface area contributed by atoms with Crippen molar-refractivity contribution in [2.45, 2.75) is 6.54 Å². The molecular formula is C21H23ClN4O. The van der Waals surface area contributed by atoms with E-state index in [4.69, 9.17) is 11.6 Å². The Morgan fingerprint density at radius 1 is 1.11 bits per heavy atom. The lowest BCUT2D eigenvalue weighted by molar-refractivity contribution is 0.0951. The molecule has 0 spiro atoms. The third-order valence-electron chi connectivity index (χ3n) is 4.19. The van der Waals surface area contributed by atoms with Crippen LogP contribution in [-0.4, -0.2) is 47.8 Å². The van der Waals surface area contributed by atoms with Crippen LogP contribution < -0.4 is 5.32 Å². The van der Waals surface area contributed by atoms with Gasteiger partial charge < -0.3 is 10.2 Å².